The minimum atomic E-state index is -3.34. The summed E-state index contributed by atoms with van der Waals surface area (Å²) >= 11 is 0. The molecule has 0 saturated carbocycles. The van der Waals surface area contributed by atoms with Crippen molar-refractivity contribution >= 4 is 32.4 Å². The van der Waals surface area contributed by atoms with E-state index in [4.69, 9.17) is 0 Å². The van der Waals surface area contributed by atoms with Gasteiger partial charge in [0.2, 0.25) is 15.9 Å². The Morgan fingerprint density at radius 2 is 1.78 bits per heavy atom. The van der Waals surface area contributed by atoms with Crippen molar-refractivity contribution in [3.63, 3.8) is 0 Å². The van der Waals surface area contributed by atoms with E-state index in [1.165, 1.54) is 29.0 Å². The summed E-state index contributed by atoms with van der Waals surface area (Å²) in [6, 6.07) is 6.36. The van der Waals surface area contributed by atoms with Crippen LogP contribution in [0.1, 0.15) is 24.1 Å². The first-order valence-electron chi connectivity index (χ1n) is 11.8. The van der Waals surface area contributed by atoms with Gasteiger partial charge in [-0.3, -0.25) is 14.8 Å². The van der Waals surface area contributed by atoms with Crippen molar-refractivity contribution in [3.8, 4) is 11.1 Å². The lowest BCUT2D eigenvalue weighted by Crippen LogP contribution is -2.49. The van der Waals surface area contributed by atoms with E-state index in [9.17, 15) is 17.6 Å². The van der Waals surface area contributed by atoms with Crippen LogP contribution in [-0.4, -0.2) is 57.9 Å². The minimum Gasteiger partial charge on any atom is -0.304 e. The normalized spacial score (nSPS) is 17.5. The second kappa shape index (κ2) is 8.63. The molecule has 188 valence electrons. The Balaban J connectivity index is 1.44. The van der Waals surface area contributed by atoms with Crippen LogP contribution in [0.4, 0.5) is 10.1 Å². The predicted molar refractivity (Wildman–Crippen MR) is 135 cm³/mol. The number of pyridine rings is 2. The Morgan fingerprint density at radius 3 is 2.51 bits per heavy atom. The molecule has 0 radical (unpaired) electrons. The van der Waals surface area contributed by atoms with Gasteiger partial charge in [-0.2, -0.15) is 0 Å². The molecule has 6 rings (SSSR count). The maximum Gasteiger partial charge on any atom is 0.238 e. The van der Waals surface area contributed by atoms with Crippen LogP contribution >= 0.6 is 0 Å². The van der Waals surface area contributed by atoms with E-state index in [0.29, 0.717) is 35.2 Å². The lowest BCUT2D eigenvalue weighted by Gasteiger charge is -2.37. The van der Waals surface area contributed by atoms with Crippen molar-refractivity contribution in [2.45, 2.75) is 24.8 Å². The van der Waals surface area contributed by atoms with Gasteiger partial charge in [0.25, 0.3) is 0 Å². The fourth-order valence-electron chi connectivity index (χ4n) is 5.58. The number of nitrogens with zero attached hydrogens (tertiary/aromatic N) is 6. The molecule has 3 aromatic heterocycles. The fourth-order valence-corrected chi connectivity index (χ4v) is 6.43. The van der Waals surface area contributed by atoms with E-state index in [0.717, 1.165) is 16.5 Å². The molecule has 0 unspecified atom stereocenters. The molecule has 11 heteroatoms. The van der Waals surface area contributed by atoms with Crippen LogP contribution in [0.25, 0.3) is 21.9 Å². The topological polar surface area (TPSA) is 109 Å². The third-order valence-corrected chi connectivity index (χ3v) is 8.70. The number of carbonyl (C=O) groups excluding carboxylic acids is 1. The van der Waals surface area contributed by atoms with Gasteiger partial charge in [-0.25, -0.2) is 27.1 Å². The third kappa shape index (κ3) is 3.85. The Morgan fingerprint density at radius 1 is 1.03 bits per heavy atom. The second-order valence-corrected chi connectivity index (χ2v) is 11.4. The van der Waals surface area contributed by atoms with Gasteiger partial charge in [0.05, 0.1) is 35.8 Å². The minimum absolute atomic E-state index is 0.0973. The van der Waals surface area contributed by atoms with Crippen LogP contribution in [0.3, 0.4) is 0 Å². The third-order valence-electron chi connectivity index (χ3n) is 7.39. The molecule has 1 fully saturated rings. The van der Waals surface area contributed by atoms with Crippen LogP contribution in [0.5, 0.6) is 0 Å². The molecular formula is C26H23FN6O3S. The zero-order valence-corrected chi connectivity index (χ0v) is 20.8. The number of sulfonamides is 1. The molecule has 1 amide bonds. The molecule has 1 spiro atoms. The van der Waals surface area contributed by atoms with E-state index in [-0.39, 0.29) is 31.4 Å². The van der Waals surface area contributed by atoms with E-state index in [2.05, 4.69) is 19.9 Å². The van der Waals surface area contributed by atoms with Crippen molar-refractivity contribution in [2.24, 2.45) is 0 Å². The highest BCUT2D eigenvalue weighted by atomic mass is 32.2. The molecule has 2 aliphatic heterocycles. The van der Waals surface area contributed by atoms with Gasteiger partial charge in [0.1, 0.15) is 12.1 Å². The largest absolute Gasteiger partial charge is 0.304 e. The zero-order chi connectivity index (χ0) is 25.8. The van der Waals surface area contributed by atoms with Crippen molar-refractivity contribution in [1.29, 1.82) is 0 Å². The lowest BCUT2D eigenvalue weighted by molar-refractivity contribution is -0.124. The summed E-state index contributed by atoms with van der Waals surface area (Å²) in [6.45, 7) is 0.700. The highest BCUT2D eigenvalue weighted by molar-refractivity contribution is 7.88. The Kier molecular flexibility index (Phi) is 5.50. The molecule has 1 saturated heterocycles. The SMILES string of the molecule is CS(=O)(=O)N1CCC2(CC1)C(=O)N(Cc1ncc3cc(F)ccc3c1-c1cncnc1)c1cnccc12. The number of piperidine rings is 1. The van der Waals surface area contributed by atoms with Crippen LogP contribution in [0.2, 0.25) is 0 Å². The van der Waals surface area contributed by atoms with Gasteiger partial charge in [-0.15, -0.1) is 0 Å². The highest BCUT2D eigenvalue weighted by Gasteiger charge is 2.53. The molecule has 4 aromatic rings. The van der Waals surface area contributed by atoms with Crippen LogP contribution in [0.15, 0.2) is 61.6 Å². The van der Waals surface area contributed by atoms with Gasteiger partial charge >= 0.3 is 0 Å². The summed E-state index contributed by atoms with van der Waals surface area (Å²) < 4.78 is 39.6. The summed E-state index contributed by atoms with van der Waals surface area (Å²) in [5.41, 5.74) is 2.77. The first-order chi connectivity index (χ1) is 17.8. The number of anilines is 1. The molecule has 0 bridgehead atoms. The van der Waals surface area contributed by atoms with E-state index >= 15 is 0 Å². The molecule has 0 atom stereocenters. The highest BCUT2D eigenvalue weighted by Crippen LogP contribution is 2.48. The molecule has 0 N–H and O–H groups in total. The number of amides is 1. The molecule has 1 aromatic carbocycles. The number of aromatic nitrogens is 4. The number of rotatable bonds is 4. The number of hydrogen-bond acceptors (Lipinski definition) is 7. The van der Waals surface area contributed by atoms with E-state index in [1.54, 1.807) is 42.0 Å². The summed E-state index contributed by atoms with van der Waals surface area (Å²) in [5, 5.41) is 1.40. The van der Waals surface area contributed by atoms with Gasteiger partial charge in [-0.1, -0.05) is 6.07 Å². The standard InChI is InChI=1S/C26H23FN6O3S/c1-37(35,36)32-8-5-26(6-9-32)21-4-7-28-14-23(21)33(25(26)34)15-22-24(18-11-29-16-30-12-18)20-3-2-19(27)10-17(20)13-31-22/h2-4,7,10-14,16H,5-6,8-9,15H2,1H3. The quantitative estimate of drug-likeness (QED) is 0.408. The predicted octanol–water partition coefficient (Wildman–Crippen LogP) is 3.07. The number of halogens is 1. The lowest BCUT2D eigenvalue weighted by atomic mass is 9.74. The van der Waals surface area contributed by atoms with Crippen molar-refractivity contribution in [2.75, 3.05) is 24.2 Å². The average molecular weight is 519 g/mol. The maximum absolute atomic E-state index is 14.1. The first-order valence-corrected chi connectivity index (χ1v) is 13.7. The van der Waals surface area contributed by atoms with E-state index in [1.807, 2.05) is 6.07 Å². The van der Waals surface area contributed by atoms with Crippen molar-refractivity contribution in [3.05, 3.63) is 78.7 Å². The Hall–Kier alpha value is -3.83. The molecule has 9 nitrogen and oxygen atoms in total. The van der Waals surface area contributed by atoms with Gasteiger partial charge < -0.3 is 4.90 Å². The Labute approximate surface area is 213 Å². The van der Waals surface area contributed by atoms with Crippen LogP contribution in [0, 0.1) is 5.82 Å². The smallest absolute Gasteiger partial charge is 0.238 e. The van der Waals surface area contributed by atoms with Gasteiger partial charge in [-0.05, 0) is 42.0 Å². The summed E-state index contributed by atoms with van der Waals surface area (Å²) in [4.78, 5) is 33.0. The number of carbonyl (C=O) groups is 1. The Bertz CT molecular complexity index is 1640. The summed E-state index contributed by atoms with van der Waals surface area (Å²) in [6.07, 6.45) is 11.7. The van der Waals surface area contributed by atoms with Crippen molar-refractivity contribution in [1.82, 2.24) is 24.2 Å². The van der Waals surface area contributed by atoms with E-state index < -0.39 is 15.4 Å². The van der Waals surface area contributed by atoms with Gasteiger partial charge in [0.15, 0.2) is 0 Å². The molecule has 0 aliphatic carbocycles. The van der Waals surface area contributed by atoms with Crippen LogP contribution < -0.4 is 4.90 Å². The molecule has 37 heavy (non-hydrogen) atoms. The average Bonchev–Trinajstić information content (AvgIpc) is 3.11. The number of fused-ring (bicyclic) bond motifs is 3. The number of benzene rings is 1. The van der Waals surface area contributed by atoms with Crippen molar-refractivity contribution < 1.29 is 17.6 Å². The first kappa shape index (κ1) is 23.6. The maximum atomic E-state index is 14.1. The monoisotopic (exact) mass is 518 g/mol. The zero-order valence-electron chi connectivity index (χ0n) is 20.0. The molecule has 5 heterocycles. The molecular weight excluding hydrogens is 495 g/mol. The number of hydrogen-bond donors (Lipinski definition) is 0. The molecule has 2 aliphatic rings. The van der Waals surface area contributed by atoms with Gasteiger partial charge in [0, 0.05) is 54.4 Å². The van der Waals surface area contributed by atoms with Crippen LogP contribution in [-0.2, 0) is 26.8 Å². The summed E-state index contributed by atoms with van der Waals surface area (Å²) in [7, 11) is -3.34. The fraction of sp³-hybridized carbons (Fsp3) is 0.269. The summed E-state index contributed by atoms with van der Waals surface area (Å²) in [5.74, 6) is -0.464. The second-order valence-electron chi connectivity index (χ2n) is 9.47.